The van der Waals surface area contributed by atoms with Crippen LogP contribution < -0.4 is 25.4 Å². The zero-order chi connectivity index (χ0) is 29.2. The number of nitrogens with zero attached hydrogens (tertiary/aromatic N) is 1. The minimum atomic E-state index is -0.555. The molecule has 0 atom stereocenters. The minimum Gasteiger partial charge on any atom is -0.493 e. The first-order valence-corrected chi connectivity index (χ1v) is 13.4. The minimum absolute atomic E-state index is 0.00857. The number of methoxy groups -OCH3 is 2. The number of thioether (sulfide) groups is 1. The zero-order valence-corrected chi connectivity index (χ0v) is 23.4. The summed E-state index contributed by atoms with van der Waals surface area (Å²) in [6.45, 7) is 1.73. The van der Waals surface area contributed by atoms with Gasteiger partial charge < -0.3 is 29.9 Å². The maximum absolute atomic E-state index is 13.5. The van der Waals surface area contributed by atoms with E-state index in [-0.39, 0.29) is 17.4 Å². The lowest BCUT2D eigenvalue weighted by atomic mass is 10.1. The van der Waals surface area contributed by atoms with E-state index in [1.807, 2.05) is 6.07 Å². The molecule has 210 valence electrons. The maximum Gasteiger partial charge on any atom is 0.272 e. The van der Waals surface area contributed by atoms with E-state index in [1.165, 1.54) is 32.1 Å². The molecule has 0 aliphatic carbocycles. The van der Waals surface area contributed by atoms with Gasteiger partial charge in [0.2, 0.25) is 5.91 Å². The van der Waals surface area contributed by atoms with Gasteiger partial charge in [0.1, 0.15) is 11.5 Å². The van der Waals surface area contributed by atoms with E-state index in [0.29, 0.717) is 39.9 Å². The number of carbonyl (C=O) groups is 3. The number of ether oxygens (including phenoxy) is 2. The zero-order valence-electron chi connectivity index (χ0n) is 22.6. The topological polar surface area (TPSA) is 132 Å². The highest BCUT2D eigenvalue weighted by Gasteiger charge is 2.18. The summed E-state index contributed by atoms with van der Waals surface area (Å²) in [6.07, 6.45) is 1.52. The molecule has 3 aromatic carbocycles. The highest BCUT2D eigenvalue weighted by Crippen LogP contribution is 2.32. The third kappa shape index (κ3) is 7.99. The van der Waals surface area contributed by atoms with Crippen molar-refractivity contribution in [3.8, 4) is 11.5 Å². The van der Waals surface area contributed by atoms with Crippen LogP contribution in [-0.2, 0) is 9.59 Å². The third-order valence-corrected chi connectivity index (χ3v) is 6.61. The summed E-state index contributed by atoms with van der Waals surface area (Å²) in [5.74, 6) is 0.686. The van der Waals surface area contributed by atoms with E-state index >= 15 is 0 Å². The number of amides is 3. The number of hydrogen-bond acceptors (Lipinski definition) is 8. The summed E-state index contributed by atoms with van der Waals surface area (Å²) in [5.41, 5.74) is 1.39. The molecule has 1 heterocycles. The highest BCUT2D eigenvalue weighted by atomic mass is 32.2. The van der Waals surface area contributed by atoms with E-state index in [9.17, 15) is 14.4 Å². The fraction of sp³-hybridized carbons (Fsp3) is 0.133. The summed E-state index contributed by atoms with van der Waals surface area (Å²) in [7, 11) is 3.01. The molecule has 0 fully saturated rings. The van der Waals surface area contributed by atoms with Crippen LogP contribution in [0.3, 0.4) is 0 Å². The van der Waals surface area contributed by atoms with Crippen molar-refractivity contribution in [2.24, 2.45) is 0 Å². The van der Waals surface area contributed by atoms with Gasteiger partial charge in [-0.25, -0.2) is 0 Å². The van der Waals surface area contributed by atoms with Crippen LogP contribution in [0, 0.1) is 6.92 Å². The standard InChI is InChI=1S/C30H28N4O6S/c1-19-15-26(34-40-19)33-27(35)18-41-23-13-8-12-22(17-23)31-30(37)24(32-29(36)20-9-5-4-6-10-20)16-21-11-7-14-25(38-2)28(21)39-3/h4-17H,18H2,1-3H3,(H,31,37)(H,32,36)(H,33,34,35)/b24-16+. The van der Waals surface area contributed by atoms with E-state index in [2.05, 4.69) is 21.1 Å². The molecule has 0 saturated heterocycles. The SMILES string of the molecule is COc1cccc(/C=C(/NC(=O)c2ccccc2)C(=O)Nc2cccc(SCC(=O)Nc3cc(C)on3)c2)c1OC. The van der Waals surface area contributed by atoms with Gasteiger partial charge in [0, 0.05) is 27.8 Å². The molecular formula is C30H28N4O6S. The number of nitrogens with one attached hydrogen (secondary N) is 3. The fourth-order valence-electron chi connectivity index (χ4n) is 3.74. The summed E-state index contributed by atoms with van der Waals surface area (Å²) in [4.78, 5) is 39.5. The van der Waals surface area contributed by atoms with Gasteiger partial charge in [-0.15, -0.1) is 11.8 Å². The summed E-state index contributed by atoms with van der Waals surface area (Å²) in [5, 5.41) is 12.0. The normalized spacial score (nSPS) is 11.0. The molecule has 11 heteroatoms. The Kier molecular flexibility index (Phi) is 9.79. The van der Waals surface area contributed by atoms with E-state index in [1.54, 1.807) is 79.7 Å². The molecule has 0 unspecified atom stereocenters. The first-order valence-electron chi connectivity index (χ1n) is 12.4. The molecule has 0 aliphatic rings. The smallest absolute Gasteiger partial charge is 0.272 e. The van der Waals surface area contributed by atoms with Gasteiger partial charge in [0.25, 0.3) is 11.8 Å². The third-order valence-electron chi connectivity index (χ3n) is 5.62. The number of rotatable bonds is 11. The number of carbonyl (C=O) groups excluding carboxylic acids is 3. The van der Waals surface area contributed by atoms with E-state index in [0.717, 1.165) is 4.90 Å². The molecule has 4 rings (SSSR count). The molecule has 4 aromatic rings. The van der Waals surface area contributed by atoms with Gasteiger partial charge in [-0.3, -0.25) is 14.4 Å². The summed E-state index contributed by atoms with van der Waals surface area (Å²) < 4.78 is 15.8. The van der Waals surface area contributed by atoms with Crippen LogP contribution in [0.5, 0.6) is 11.5 Å². The van der Waals surface area contributed by atoms with Gasteiger partial charge >= 0.3 is 0 Å². The van der Waals surface area contributed by atoms with Crippen molar-refractivity contribution in [2.45, 2.75) is 11.8 Å². The number of aromatic nitrogens is 1. The molecule has 0 spiro atoms. The Hall–Kier alpha value is -5.03. The molecule has 3 N–H and O–H groups in total. The van der Waals surface area contributed by atoms with Gasteiger partial charge in [-0.05, 0) is 49.4 Å². The van der Waals surface area contributed by atoms with Crippen molar-refractivity contribution in [2.75, 3.05) is 30.6 Å². The highest BCUT2D eigenvalue weighted by molar-refractivity contribution is 8.00. The van der Waals surface area contributed by atoms with Crippen molar-refractivity contribution in [3.05, 3.63) is 101 Å². The number of benzene rings is 3. The quantitative estimate of drug-likeness (QED) is 0.166. The second-order valence-electron chi connectivity index (χ2n) is 8.60. The first-order chi connectivity index (χ1) is 19.9. The average molecular weight is 573 g/mol. The Morgan fingerprint density at radius 3 is 2.41 bits per heavy atom. The Bertz CT molecular complexity index is 1570. The fourth-order valence-corrected chi connectivity index (χ4v) is 4.49. The Labute approximate surface area is 241 Å². The predicted octanol–water partition coefficient (Wildman–Crippen LogP) is 5.14. The summed E-state index contributed by atoms with van der Waals surface area (Å²) >= 11 is 1.29. The second kappa shape index (κ2) is 13.9. The van der Waals surface area contributed by atoms with Crippen molar-refractivity contribution in [1.82, 2.24) is 10.5 Å². The largest absolute Gasteiger partial charge is 0.493 e. The molecule has 0 saturated carbocycles. The van der Waals surface area contributed by atoms with Crippen LogP contribution in [-0.4, -0.2) is 42.9 Å². The Morgan fingerprint density at radius 1 is 0.927 bits per heavy atom. The number of hydrogen-bond donors (Lipinski definition) is 3. The van der Waals surface area contributed by atoms with Crippen molar-refractivity contribution >= 4 is 47.1 Å². The molecule has 1 aromatic heterocycles. The molecule has 0 radical (unpaired) electrons. The van der Waals surface area contributed by atoms with Crippen LogP contribution in [0.1, 0.15) is 21.7 Å². The van der Waals surface area contributed by atoms with E-state index in [4.69, 9.17) is 14.0 Å². The van der Waals surface area contributed by atoms with Crippen LogP contribution >= 0.6 is 11.8 Å². The molecule has 0 bridgehead atoms. The lowest BCUT2D eigenvalue weighted by Gasteiger charge is -2.14. The first kappa shape index (κ1) is 29.0. The van der Waals surface area contributed by atoms with Gasteiger partial charge in [-0.2, -0.15) is 0 Å². The predicted molar refractivity (Wildman–Crippen MR) is 157 cm³/mol. The number of para-hydroxylation sites is 1. The van der Waals surface area contributed by atoms with Crippen molar-refractivity contribution in [1.29, 1.82) is 0 Å². The van der Waals surface area contributed by atoms with Gasteiger partial charge in [-0.1, -0.05) is 41.6 Å². The van der Waals surface area contributed by atoms with Gasteiger partial charge in [0.15, 0.2) is 17.3 Å². The lowest BCUT2D eigenvalue weighted by Crippen LogP contribution is -2.30. The van der Waals surface area contributed by atoms with Crippen molar-refractivity contribution in [3.63, 3.8) is 0 Å². The van der Waals surface area contributed by atoms with Crippen molar-refractivity contribution < 1.29 is 28.4 Å². The molecule has 41 heavy (non-hydrogen) atoms. The molecule has 0 aliphatic heterocycles. The maximum atomic E-state index is 13.5. The number of aryl methyl sites for hydroxylation is 1. The van der Waals surface area contributed by atoms with Crippen LogP contribution in [0.2, 0.25) is 0 Å². The van der Waals surface area contributed by atoms with Crippen LogP contribution in [0.4, 0.5) is 11.5 Å². The van der Waals surface area contributed by atoms with E-state index < -0.39 is 11.8 Å². The lowest BCUT2D eigenvalue weighted by molar-refractivity contribution is -0.114. The van der Waals surface area contributed by atoms with Gasteiger partial charge in [0.05, 0.1) is 20.0 Å². The molecule has 10 nitrogen and oxygen atoms in total. The van der Waals surface area contributed by atoms with Crippen LogP contribution in [0.25, 0.3) is 6.08 Å². The monoisotopic (exact) mass is 572 g/mol. The number of anilines is 2. The average Bonchev–Trinajstić information content (AvgIpc) is 3.40. The molecular weight excluding hydrogens is 544 g/mol. The second-order valence-corrected chi connectivity index (χ2v) is 9.65. The Morgan fingerprint density at radius 2 is 1.71 bits per heavy atom. The van der Waals surface area contributed by atoms with Crippen LogP contribution in [0.15, 0.2) is 94.0 Å². The Balaban J connectivity index is 1.52. The molecule has 3 amide bonds. The summed E-state index contributed by atoms with van der Waals surface area (Å²) in [6, 6.07) is 22.4.